The summed E-state index contributed by atoms with van der Waals surface area (Å²) in [5, 5.41) is 11.8. The van der Waals surface area contributed by atoms with Gasteiger partial charge in [-0.2, -0.15) is 5.10 Å². The molecule has 1 aliphatic heterocycles. The molecule has 1 N–H and O–H groups in total. The van der Waals surface area contributed by atoms with E-state index < -0.39 is 0 Å². The van der Waals surface area contributed by atoms with Crippen LogP contribution in [0, 0.1) is 0 Å². The topological polar surface area (TPSA) is 87.8 Å². The van der Waals surface area contributed by atoms with Gasteiger partial charge < -0.3 is 9.84 Å². The highest BCUT2D eigenvalue weighted by atomic mass is 16.5. The van der Waals surface area contributed by atoms with Crippen LogP contribution in [0.4, 0.5) is 0 Å². The molecule has 0 saturated carbocycles. The Morgan fingerprint density at radius 3 is 3.00 bits per heavy atom. The Hall–Kier alpha value is -2.18. The summed E-state index contributed by atoms with van der Waals surface area (Å²) in [6.07, 6.45) is 2.53. The van der Waals surface area contributed by atoms with Gasteiger partial charge in [-0.05, 0) is 6.42 Å². The molecule has 2 rings (SSSR count). The van der Waals surface area contributed by atoms with Crippen molar-refractivity contribution in [1.29, 1.82) is 0 Å². The van der Waals surface area contributed by atoms with Gasteiger partial charge in [0, 0.05) is 26.0 Å². The molecule has 7 heteroatoms. The molecule has 20 heavy (non-hydrogen) atoms. The summed E-state index contributed by atoms with van der Waals surface area (Å²) in [5.41, 5.74) is 1.25. The lowest BCUT2D eigenvalue weighted by atomic mass is 10.1. The van der Waals surface area contributed by atoms with Crippen LogP contribution in [-0.2, 0) is 22.6 Å². The highest BCUT2D eigenvalue weighted by molar-refractivity contribution is 6.39. The van der Waals surface area contributed by atoms with Crippen LogP contribution in [0.1, 0.15) is 37.6 Å². The van der Waals surface area contributed by atoms with Crippen LogP contribution in [0.15, 0.2) is 15.7 Å². The van der Waals surface area contributed by atoms with Gasteiger partial charge in [0.05, 0.1) is 12.2 Å². The second-order valence-electron chi connectivity index (χ2n) is 4.68. The number of nitrogens with one attached hydrogen (secondary N) is 1. The van der Waals surface area contributed by atoms with Crippen LogP contribution in [0.3, 0.4) is 0 Å². The first-order valence-corrected chi connectivity index (χ1v) is 6.67. The summed E-state index contributed by atoms with van der Waals surface area (Å²) in [5.74, 6) is 0.251. The number of aryl methyl sites for hydroxylation is 1. The standard InChI is InChI=1S/C13H18N4O3/c1-3-4-9-7-10(20-16-9)8-14-13(19)11-5-6-12(18)17(2)15-11/h7H,3-6,8H2,1-2H3,(H,14,19). The normalized spacial score (nSPS) is 15.2. The van der Waals surface area contributed by atoms with E-state index in [-0.39, 0.29) is 18.4 Å². The molecule has 1 aliphatic rings. The van der Waals surface area contributed by atoms with Crippen molar-refractivity contribution < 1.29 is 14.1 Å². The highest BCUT2D eigenvalue weighted by Crippen LogP contribution is 2.08. The lowest BCUT2D eigenvalue weighted by Gasteiger charge is -2.18. The van der Waals surface area contributed by atoms with Gasteiger partial charge in [-0.1, -0.05) is 18.5 Å². The Balaban J connectivity index is 1.88. The molecule has 7 nitrogen and oxygen atoms in total. The summed E-state index contributed by atoms with van der Waals surface area (Å²) in [6, 6.07) is 1.84. The van der Waals surface area contributed by atoms with Crippen molar-refractivity contribution in [3.05, 3.63) is 17.5 Å². The van der Waals surface area contributed by atoms with E-state index in [0.29, 0.717) is 24.3 Å². The SMILES string of the molecule is CCCc1cc(CNC(=O)C2=NN(C)C(=O)CC2)on1. The number of carbonyl (C=O) groups excluding carboxylic acids is 2. The van der Waals surface area contributed by atoms with Gasteiger partial charge in [-0.3, -0.25) is 9.59 Å². The number of amides is 2. The number of rotatable bonds is 5. The van der Waals surface area contributed by atoms with Crippen LogP contribution in [0.25, 0.3) is 0 Å². The van der Waals surface area contributed by atoms with Crippen molar-refractivity contribution in [2.24, 2.45) is 5.10 Å². The Labute approximate surface area is 117 Å². The van der Waals surface area contributed by atoms with Gasteiger partial charge in [-0.25, -0.2) is 5.01 Å². The minimum absolute atomic E-state index is 0.0824. The zero-order valence-electron chi connectivity index (χ0n) is 11.7. The molecule has 0 spiro atoms. The van der Waals surface area contributed by atoms with Crippen molar-refractivity contribution in [3.8, 4) is 0 Å². The fourth-order valence-electron chi connectivity index (χ4n) is 1.92. The molecule has 0 atom stereocenters. The second kappa shape index (κ2) is 6.31. The molecule has 108 valence electrons. The third-order valence-electron chi connectivity index (χ3n) is 3.01. The number of aromatic nitrogens is 1. The Bertz CT molecular complexity index is 535. The van der Waals surface area contributed by atoms with Gasteiger partial charge in [0.15, 0.2) is 5.76 Å². The summed E-state index contributed by atoms with van der Waals surface area (Å²) >= 11 is 0. The van der Waals surface area contributed by atoms with E-state index in [1.54, 1.807) is 7.05 Å². The second-order valence-corrected chi connectivity index (χ2v) is 4.68. The molecule has 1 aromatic heterocycles. The third kappa shape index (κ3) is 3.43. The molecule has 0 radical (unpaired) electrons. The summed E-state index contributed by atoms with van der Waals surface area (Å²) in [7, 11) is 1.54. The first-order chi connectivity index (χ1) is 9.60. The maximum atomic E-state index is 11.9. The molecule has 0 saturated heterocycles. The van der Waals surface area contributed by atoms with Crippen LogP contribution in [0.5, 0.6) is 0 Å². The van der Waals surface area contributed by atoms with Crippen LogP contribution in [-0.4, -0.2) is 34.7 Å². The molecular formula is C13H18N4O3. The van der Waals surface area contributed by atoms with E-state index >= 15 is 0 Å². The maximum Gasteiger partial charge on any atom is 0.267 e. The number of nitrogens with zero attached hydrogens (tertiary/aromatic N) is 3. The highest BCUT2D eigenvalue weighted by Gasteiger charge is 2.21. The molecule has 0 unspecified atom stereocenters. The summed E-state index contributed by atoms with van der Waals surface area (Å²) in [6.45, 7) is 2.33. The smallest absolute Gasteiger partial charge is 0.267 e. The first kappa shape index (κ1) is 14.2. The van der Waals surface area contributed by atoms with Crippen LogP contribution in [0.2, 0.25) is 0 Å². The van der Waals surface area contributed by atoms with Crippen LogP contribution < -0.4 is 5.32 Å². The fraction of sp³-hybridized carbons (Fsp3) is 0.538. The van der Waals surface area contributed by atoms with E-state index in [1.807, 2.05) is 6.07 Å². The zero-order valence-corrected chi connectivity index (χ0v) is 11.7. The minimum Gasteiger partial charge on any atom is -0.359 e. The van der Waals surface area contributed by atoms with E-state index in [0.717, 1.165) is 18.5 Å². The molecule has 2 heterocycles. The van der Waals surface area contributed by atoms with Gasteiger partial charge in [0.1, 0.15) is 5.71 Å². The molecular weight excluding hydrogens is 260 g/mol. The van der Waals surface area contributed by atoms with Crippen molar-refractivity contribution in [2.75, 3.05) is 7.05 Å². The molecule has 1 aromatic rings. The Morgan fingerprint density at radius 1 is 1.50 bits per heavy atom. The number of hydrogen-bond donors (Lipinski definition) is 1. The minimum atomic E-state index is -0.280. The third-order valence-corrected chi connectivity index (χ3v) is 3.01. The number of hydrogen-bond acceptors (Lipinski definition) is 5. The lowest BCUT2D eigenvalue weighted by Crippen LogP contribution is -2.37. The van der Waals surface area contributed by atoms with Crippen molar-refractivity contribution in [3.63, 3.8) is 0 Å². The molecule has 0 fully saturated rings. The van der Waals surface area contributed by atoms with Gasteiger partial charge in [-0.15, -0.1) is 0 Å². The maximum absolute atomic E-state index is 11.9. The Morgan fingerprint density at radius 2 is 2.30 bits per heavy atom. The fourth-order valence-corrected chi connectivity index (χ4v) is 1.92. The quantitative estimate of drug-likeness (QED) is 0.865. The molecule has 0 bridgehead atoms. The molecule has 0 aromatic carbocycles. The molecule has 0 aliphatic carbocycles. The van der Waals surface area contributed by atoms with Crippen molar-refractivity contribution in [2.45, 2.75) is 39.2 Å². The predicted molar refractivity (Wildman–Crippen MR) is 71.8 cm³/mol. The predicted octanol–water partition coefficient (Wildman–Crippen LogP) is 0.851. The van der Waals surface area contributed by atoms with Crippen LogP contribution >= 0.6 is 0 Å². The van der Waals surface area contributed by atoms with E-state index in [1.165, 1.54) is 5.01 Å². The lowest BCUT2D eigenvalue weighted by molar-refractivity contribution is -0.130. The largest absolute Gasteiger partial charge is 0.359 e. The van der Waals surface area contributed by atoms with E-state index in [2.05, 4.69) is 22.5 Å². The van der Waals surface area contributed by atoms with Gasteiger partial charge in [0.25, 0.3) is 5.91 Å². The molecule has 2 amide bonds. The van der Waals surface area contributed by atoms with E-state index in [9.17, 15) is 9.59 Å². The zero-order chi connectivity index (χ0) is 14.5. The van der Waals surface area contributed by atoms with Crippen molar-refractivity contribution >= 4 is 17.5 Å². The number of hydrazone groups is 1. The monoisotopic (exact) mass is 278 g/mol. The summed E-state index contributed by atoms with van der Waals surface area (Å²) in [4.78, 5) is 23.2. The van der Waals surface area contributed by atoms with Crippen molar-refractivity contribution in [1.82, 2.24) is 15.5 Å². The average Bonchev–Trinajstić information content (AvgIpc) is 2.87. The van der Waals surface area contributed by atoms with Gasteiger partial charge >= 0.3 is 0 Å². The Kier molecular flexibility index (Phi) is 4.49. The summed E-state index contributed by atoms with van der Waals surface area (Å²) < 4.78 is 5.12. The number of carbonyl (C=O) groups is 2. The first-order valence-electron chi connectivity index (χ1n) is 6.67. The van der Waals surface area contributed by atoms with Gasteiger partial charge in [0.2, 0.25) is 5.91 Å². The average molecular weight is 278 g/mol. The van der Waals surface area contributed by atoms with E-state index in [4.69, 9.17) is 4.52 Å².